The standard InChI is InChI=1S/C16H17FN2O4S/c1-19(2)15(20)10-5-6-12(11(17)8-10)23-7-3-4-13-14(16(21)22)18-9-24-13/h5-6,8-9H,3-4,7H2,1-2H3,(H,21,22). The molecule has 2 aromatic rings. The first kappa shape index (κ1) is 17.9. The van der Waals surface area contributed by atoms with Crippen molar-refractivity contribution in [2.45, 2.75) is 12.8 Å². The number of aryl methyl sites for hydroxylation is 1. The largest absolute Gasteiger partial charge is 0.491 e. The minimum Gasteiger partial charge on any atom is -0.491 e. The Balaban J connectivity index is 1.89. The highest BCUT2D eigenvalue weighted by Gasteiger charge is 2.14. The van der Waals surface area contributed by atoms with E-state index >= 15 is 0 Å². The number of benzene rings is 1. The van der Waals surface area contributed by atoms with Gasteiger partial charge < -0.3 is 14.7 Å². The number of aromatic nitrogens is 1. The summed E-state index contributed by atoms with van der Waals surface area (Å²) in [7, 11) is 3.19. The Hall–Kier alpha value is -2.48. The molecule has 1 aromatic carbocycles. The number of halogens is 1. The van der Waals surface area contributed by atoms with Crippen LogP contribution in [0.15, 0.2) is 23.7 Å². The third-order valence-electron chi connectivity index (χ3n) is 3.23. The van der Waals surface area contributed by atoms with E-state index in [0.717, 1.165) is 6.07 Å². The van der Waals surface area contributed by atoms with E-state index < -0.39 is 11.8 Å². The van der Waals surface area contributed by atoms with Gasteiger partial charge in [0, 0.05) is 24.5 Å². The van der Waals surface area contributed by atoms with Crippen LogP contribution in [-0.2, 0) is 6.42 Å². The number of thiazole rings is 1. The summed E-state index contributed by atoms with van der Waals surface area (Å²) in [6.45, 7) is 0.231. The number of aromatic carboxylic acids is 1. The lowest BCUT2D eigenvalue weighted by atomic mass is 10.2. The fraction of sp³-hybridized carbons (Fsp3) is 0.312. The van der Waals surface area contributed by atoms with Crippen molar-refractivity contribution in [2.75, 3.05) is 20.7 Å². The van der Waals surface area contributed by atoms with Crippen LogP contribution in [0.4, 0.5) is 4.39 Å². The minimum atomic E-state index is -1.06. The van der Waals surface area contributed by atoms with Gasteiger partial charge in [0.05, 0.1) is 12.1 Å². The second-order valence-corrected chi connectivity index (χ2v) is 6.17. The van der Waals surface area contributed by atoms with Gasteiger partial charge in [0.2, 0.25) is 0 Å². The van der Waals surface area contributed by atoms with Crippen molar-refractivity contribution in [3.63, 3.8) is 0 Å². The Labute approximate surface area is 142 Å². The molecule has 0 aliphatic heterocycles. The number of carboxylic acids is 1. The Morgan fingerprint density at radius 3 is 2.75 bits per heavy atom. The topological polar surface area (TPSA) is 79.7 Å². The van der Waals surface area contributed by atoms with Crippen LogP contribution < -0.4 is 4.74 Å². The normalized spacial score (nSPS) is 10.5. The maximum absolute atomic E-state index is 14.0. The van der Waals surface area contributed by atoms with E-state index in [2.05, 4.69) is 4.98 Å². The summed E-state index contributed by atoms with van der Waals surface area (Å²) in [6.07, 6.45) is 1.02. The first-order valence-electron chi connectivity index (χ1n) is 7.19. The van der Waals surface area contributed by atoms with Crippen LogP contribution >= 0.6 is 11.3 Å². The Morgan fingerprint density at radius 1 is 1.38 bits per heavy atom. The molecule has 1 amide bonds. The van der Waals surface area contributed by atoms with Gasteiger partial charge in [0.25, 0.3) is 5.91 Å². The van der Waals surface area contributed by atoms with Crippen LogP contribution in [0.3, 0.4) is 0 Å². The molecule has 24 heavy (non-hydrogen) atoms. The Morgan fingerprint density at radius 2 is 2.12 bits per heavy atom. The molecule has 0 spiro atoms. The summed E-state index contributed by atoms with van der Waals surface area (Å²) >= 11 is 1.27. The van der Waals surface area contributed by atoms with Gasteiger partial charge in [-0.3, -0.25) is 4.79 Å². The summed E-state index contributed by atoms with van der Waals surface area (Å²) < 4.78 is 19.3. The van der Waals surface area contributed by atoms with E-state index in [1.807, 2.05) is 0 Å². The average molecular weight is 352 g/mol. The van der Waals surface area contributed by atoms with Crippen LogP contribution in [0.2, 0.25) is 0 Å². The second kappa shape index (κ2) is 7.87. The summed E-state index contributed by atoms with van der Waals surface area (Å²) in [5, 5.41) is 8.97. The van der Waals surface area contributed by atoms with Crippen LogP contribution in [0, 0.1) is 5.82 Å². The smallest absolute Gasteiger partial charge is 0.355 e. The van der Waals surface area contributed by atoms with Gasteiger partial charge in [0.15, 0.2) is 17.3 Å². The zero-order chi connectivity index (χ0) is 17.7. The van der Waals surface area contributed by atoms with E-state index in [-0.39, 0.29) is 29.5 Å². The van der Waals surface area contributed by atoms with E-state index in [1.54, 1.807) is 14.1 Å². The van der Waals surface area contributed by atoms with Crippen molar-refractivity contribution < 1.29 is 23.8 Å². The van der Waals surface area contributed by atoms with Gasteiger partial charge in [-0.15, -0.1) is 11.3 Å². The molecule has 128 valence electrons. The van der Waals surface area contributed by atoms with Gasteiger partial charge in [-0.05, 0) is 31.0 Å². The van der Waals surface area contributed by atoms with Crippen LogP contribution in [-0.4, -0.2) is 47.6 Å². The van der Waals surface area contributed by atoms with Gasteiger partial charge in [0.1, 0.15) is 0 Å². The number of carbonyl (C=O) groups excluding carboxylic acids is 1. The van der Waals surface area contributed by atoms with Crippen molar-refractivity contribution in [2.24, 2.45) is 0 Å². The maximum Gasteiger partial charge on any atom is 0.355 e. The van der Waals surface area contributed by atoms with Crippen molar-refractivity contribution in [1.82, 2.24) is 9.88 Å². The van der Waals surface area contributed by atoms with Gasteiger partial charge in [-0.1, -0.05) is 0 Å². The molecule has 0 radical (unpaired) electrons. The van der Waals surface area contributed by atoms with E-state index in [9.17, 15) is 14.0 Å². The van der Waals surface area contributed by atoms with E-state index in [4.69, 9.17) is 9.84 Å². The summed E-state index contributed by atoms with van der Waals surface area (Å²) in [5.41, 5.74) is 1.79. The molecule has 0 aliphatic rings. The molecule has 0 saturated heterocycles. The fourth-order valence-corrected chi connectivity index (χ4v) is 2.85. The first-order valence-corrected chi connectivity index (χ1v) is 8.07. The van der Waals surface area contributed by atoms with Crippen molar-refractivity contribution in [3.8, 4) is 5.75 Å². The molecular formula is C16H17FN2O4S. The molecule has 0 unspecified atom stereocenters. The number of ether oxygens (including phenoxy) is 1. The summed E-state index contributed by atoms with van der Waals surface area (Å²) in [4.78, 5) is 28.5. The lowest BCUT2D eigenvalue weighted by Gasteiger charge is -2.12. The molecule has 1 aromatic heterocycles. The third-order valence-corrected chi connectivity index (χ3v) is 4.13. The molecule has 2 rings (SSSR count). The molecule has 0 bridgehead atoms. The number of nitrogens with zero attached hydrogens (tertiary/aromatic N) is 2. The first-order chi connectivity index (χ1) is 11.4. The molecule has 0 aliphatic carbocycles. The molecule has 0 saturated carbocycles. The van der Waals surface area contributed by atoms with Gasteiger partial charge in [-0.2, -0.15) is 0 Å². The molecule has 1 N–H and O–H groups in total. The zero-order valence-electron chi connectivity index (χ0n) is 13.3. The maximum atomic E-state index is 14.0. The SMILES string of the molecule is CN(C)C(=O)c1ccc(OCCCc2scnc2C(=O)O)c(F)c1. The minimum absolute atomic E-state index is 0.0535. The number of amides is 1. The predicted molar refractivity (Wildman–Crippen MR) is 87.3 cm³/mol. The van der Waals surface area contributed by atoms with Crippen LogP contribution in [0.1, 0.15) is 32.1 Å². The van der Waals surface area contributed by atoms with E-state index in [1.165, 1.54) is 33.9 Å². The monoisotopic (exact) mass is 352 g/mol. The van der Waals surface area contributed by atoms with Crippen molar-refractivity contribution >= 4 is 23.2 Å². The average Bonchev–Trinajstić information content (AvgIpc) is 3.00. The summed E-state index contributed by atoms with van der Waals surface area (Å²) in [5.74, 6) is -1.88. The lowest BCUT2D eigenvalue weighted by molar-refractivity contribution is 0.0689. The lowest BCUT2D eigenvalue weighted by Crippen LogP contribution is -2.21. The predicted octanol–water partition coefficient (Wildman–Crippen LogP) is 2.69. The fourth-order valence-electron chi connectivity index (χ4n) is 2.05. The van der Waals surface area contributed by atoms with Gasteiger partial charge in [-0.25, -0.2) is 14.2 Å². The number of hydrogen-bond donors (Lipinski definition) is 1. The zero-order valence-corrected chi connectivity index (χ0v) is 14.1. The molecule has 6 nitrogen and oxygen atoms in total. The van der Waals surface area contributed by atoms with Gasteiger partial charge >= 0.3 is 5.97 Å². The number of hydrogen-bond acceptors (Lipinski definition) is 5. The Bertz CT molecular complexity index is 745. The van der Waals surface area contributed by atoms with Crippen molar-refractivity contribution in [1.29, 1.82) is 0 Å². The molecule has 8 heteroatoms. The number of carbonyl (C=O) groups is 2. The van der Waals surface area contributed by atoms with Crippen LogP contribution in [0.5, 0.6) is 5.75 Å². The second-order valence-electron chi connectivity index (χ2n) is 5.23. The number of carboxylic acid groups (broad SMARTS) is 1. The Kier molecular flexibility index (Phi) is 5.86. The molecular weight excluding hydrogens is 335 g/mol. The molecule has 1 heterocycles. The highest BCUT2D eigenvalue weighted by molar-refractivity contribution is 7.09. The highest BCUT2D eigenvalue weighted by atomic mass is 32.1. The third kappa shape index (κ3) is 4.29. The molecule has 0 atom stereocenters. The quantitative estimate of drug-likeness (QED) is 0.775. The molecule has 0 fully saturated rings. The van der Waals surface area contributed by atoms with Crippen LogP contribution in [0.25, 0.3) is 0 Å². The summed E-state index contributed by atoms with van der Waals surface area (Å²) in [6, 6.07) is 4.07. The van der Waals surface area contributed by atoms with E-state index in [0.29, 0.717) is 17.7 Å². The highest BCUT2D eigenvalue weighted by Crippen LogP contribution is 2.20. The van der Waals surface area contributed by atoms with Crippen molar-refractivity contribution in [3.05, 3.63) is 45.7 Å². The number of rotatable bonds is 7.